The van der Waals surface area contributed by atoms with E-state index in [9.17, 15) is 4.79 Å². The van der Waals surface area contributed by atoms with Gasteiger partial charge in [-0.2, -0.15) is 0 Å². The molecule has 0 aromatic carbocycles. The molecule has 0 saturated carbocycles. The Kier molecular flexibility index (Phi) is 4.87. The standard InChI is InChI=1S/C7H14OS/c1-4-6(2)5-9-7(3)8/h6H,4-5H2,1-3H3. The molecule has 1 unspecified atom stereocenters. The third-order valence-electron chi connectivity index (χ3n) is 1.27. The van der Waals surface area contributed by atoms with Gasteiger partial charge >= 0.3 is 0 Å². The summed E-state index contributed by atoms with van der Waals surface area (Å²) < 4.78 is 0. The zero-order chi connectivity index (χ0) is 7.28. The highest BCUT2D eigenvalue weighted by Crippen LogP contribution is 2.10. The molecule has 0 aromatic heterocycles. The predicted octanol–water partition coefficient (Wildman–Crippen LogP) is 2.31. The zero-order valence-corrected chi connectivity index (χ0v) is 7.12. The van der Waals surface area contributed by atoms with E-state index < -0.39 is 0 Å². The molecule has 1 atom stereocenters. The van der Waals surface area contributed by atoms with Crippen LogP contribution in [0.15, 0.2) is 0 Å². The van der Waals surface area contributed by atoms with Gasteiger partial charge in [-0.25, -0.2) is 0 Å². The zero-order valence-electron chi connectivity index (χ0n) is 6.31. The Morgan fingerprint density at radius 2 is 2.22 bits per heavy atom. The lowest BCUT2D eigenvalue weighted by Gasteiger charge is -2.03. The van der Waals surface area contributed by atoms with E-state index in [0.717, 1.165) is 5.75 Å². The van der Waals surface area contributed by atoms with Crippen molar-refractivity contribution in [1.82, 2.24) is 0 Å². The van der Waals surface area contributed by atoms with Crippen molar-refractivity contribution in [2.75, 3.05) is 5.75 Å². The summed E-state index contributed by atoms with van der Waals surface area (Å²) in [7, 11) is 0. The van der Waals surface area contributed by atoms with Crippen molar-refractivity contribution in [3.05, 3.63) is 0 Å². The minimum atomic E-state index is 0.232. The topological polar surface area (TPSA) is 17.1 Å². The molecule has 54 valence electrons. The summed E-state index contributed by atoms with van der Waals surface area (Å²) in [4.78, 5) is 10.4. The summed E-state index contributed by atoms with van der Waals surface area (Å²) in [5.74, 6) is 1.66. The van der Waals surface area contributed by atoms with Gasteiger partial charge in [0.1, 0.15) is 0 Å². The van der Waals surface area contributed by atoms with Crippen molar-refractivity contribution in [2.24, 2.45) is 5.92 Å². The molecule has 0 amide bonds. The molecule has 2 heteroatoms. The first-order valence-corrected chi connectivity index (χ1v) is 4.28. The molecule has 1 nitrogen and oxygen atoms in total. The first kappa shape index (κ1) is 9.02. The van der Waals surface area contributed by atoms with Gasteiger partial charge in [-0.3, -0.25) is 4.79 Å². The Morgan fingerprint density at radius 1 is 1.67 bits per heavy atom. The van der Waals surface area contributed by atoms with E-state index in [0.29, 0.717) is 5.92 Å². The number of hydrogen-bond donors (Lipinski definition) is 0. The van der Waals surface area contributed by atoms with Crippen molar-refractivity contribution in [1.29, 1.82) is 0 Å². The van der Waals surface area contributed by atoms with Crippen LogP contribution >= 0.6 is 11.8 Å². The number of rotatable bonds is 3. The van der Waals surface area contributed by atoms with Gasteiger partial charge in [0.25, 0.3) is 0 Å². The molecular weight excluding hydrogens is 132 g/mol. The molecule has 0 aliphatic rings. The second-order valence-corrected chi connectivity index (χ2v) is 3.51. The average molecular weight is 146 g/mol. The number of thioether (sulfide) groups is 1. The minimum Gasteiger partial charge on any atom is -0.288 e. The third kappa shape index (κ3) is 5.90. The fourth-order valence-corrected chi connectivity index (χ4v) is 1.13. The van der Waals surface area contributed by atoms with Gasteiger partial charge in [0.05, 0.1) is 0 Å². The first-order valence-electron chi connectivity index (χ1n) is 3.30. The Hall–Kier alpha value is 0.0200. The van der Waals surface area contributed by atoms with Gasteiger partial charge < -0.3 is 0 Å². The van der Waals surface area contributed by atoms with E-state index in [1.54, 1.807) is 6.92 Å². The van der Waals surface area contributed by atoms with Gasteiger partial charge in [-0.05, 0) is 5.92 Å². The third-order valence-corrected chi connectivity index (χ3v) is 2.41. The largest absolute Gasteiger partial charge is 0.288 e. The van der Waals surface area contributed by atoms with Crippen LogP contribution in [0.3, 0.4) is 0 Å². The van der Waals surface area contributed by atoms with Gasteiger partial charge in [-0.15, -0.1) is 0 Å². The van der Waals surface area contributed by atoms with Gasteiger partial charge in [0.2, 0.25) is 0 Å². The molecule has 0 saturated heterocycles. The maximum absolute atomic E-state index is 10.4. The minimum absolute atomic E-state index is 0.232. The highest BCUT2D eigenvalue weighted by atomic mass is 32.2. The van der Waals surface area contributed by atoms with Crippen LogP contribution in [0.4, 0.5) is 0 Å². The second kappa shape index (κ2) is 4.86. The maximum atomic E-state index is 10.4. The van der Waals surface area contributed by atoms with Gasteiger partial charge in [0.15, 0.2) is 5.12 Å². The summed E-state index contributed by atoms with van der Waals surface area (Å²) in [6.45, 7) is 5.92. The molecule has 0 radical (unpaired) electrons. The van der Waals surface area contributed by atoms with E-state index in [1.807, 2.05) is 0 Å². The van der Waals surface area contributed by atoms with Crippen LogP contribution in [0.25, 0.3) is 0 Å². The number of carbonyl (C=O) groups excluding carboxylic acids is 1. The second-order valence-electron chi connectivity index (χ2n) is 2.32. The van der Waals surface area contributed by atoms with E-state index in [-0.39, 0.29) is 5.12 Å². The van der Waals surface area contributed by atoms with Crippen molar-refractivity contribution >= 4 is 16.9 Å². The Labute approximate surface area is 61.2 Å². The molecule has 9 heavy (non-hydrogen) atoms. The molecule has 0 spiro atoms. The predicted molar refractivity (Wildman–Crippen MR) is 42.6 cm³/mol. The summed E-state index contributed by atoms with van der Waals surface area (Å²) in [5, 5.41) is 0.232. The molecule has 0 heterocycles. The average Bonchev–Trinajstić information content (AvgIpc) is 1.83. The molecule has 0 rings (SSSR count). The lowest BCUT2D eigenvalue weighted by molar-refractivity contribution is -0.109. The van der Waals surface area contributed by atoms with Crippen LogP contribution in [0.1, 0.15) is 27.2 Å². The smallest absolute Gasteiger partial charge is 0.185 e. The maximum Gasteiger partial charge on any atom is 0.185 e. The fraction of sp³-hybridized carbons (Fsp3) is 0.857. The highest BCUT2D eigenvalue weighted by molar-refractivity contribution is 8.13. The molecule has 0 aliphatic heterocycles. The molecule has 0 fully saturated rings. The monoisotopic (exact) mass is 146 g/mol. The SMILES string of the molecule is CCC(C)CSC(C)=O. The molecule has 0 bridgehead atoms. The number of carbonyl (C=O) groups is 1. The van der Waals surface area contributed by atoms with Gasteiger partial charge in [0, 0.05) is 12.7 Å². The van der Waals surface area contributed by atoms with Crippen LogP contribution in [0, 0.1) is 5.92 Å². The normalized spacial score (nSPS) is 13.2. The first-order chi connectivity index (χ1) is 4.16. The van der Waals surface area contributed by atoms with Crippen molar-refractivity contribution in [3.8, 4) is 0 Å². The van der Waals surface area contributed by atoms with Crippen molar-refractivity contribution in [3.63, 3.8) is 0 Å². The van der Waals surface area contributed by atoms with Crippen molar-refractivity contribution < 1.29 is 4.79 Å². The Balaban J connectivity index is 3.16. The van der Waals surface area contributed by atoms with Crippen LogP contribution in [0.2, 0.25) is 0 Å². The van der Waals surface area contributed by atoms with Crippen LogP contribution in [0.5, 0.6) is 0 Å². The molecule has 0 aliphatic carbocycles. The van der Waals surface area contributed by atoms with Gasteiger partial charge in [-0.1, -0.05) is 32.0 Å². The van der Waals surface area contributed by atoms with Crippen molar-refractivity contribution in [2.45, 2.75) is 27.2 Å². The lowest BCUT2D eigenvalue weighted by atomic mass is 10.2. The fourth-order valence-electron chi connectivity index (χ4n) is 0.377. The summed E-state index contributed by atoms with van der Waals surface area (Å²) in [5.41, 5.74) is 0. The van der Waals surface area contributed by atoms with E-state index in [2.05, 4.69) is 13.8 Å². The number of hydrogen-bond acceptors (Lipinski definition) is 2. The van der Waals surface area contributed by atoms with E-state index in [4.69, 9.17) is 0 Å². The van der Waals surface area contributed by atoms with Crippen LogP contribution in [-0.4, -0.2) is 10.9 Å². The van der Waals surface area contributed by atoms with Crippen LogP contribution < -0.4 is 0 Å². The molecule has 0 N–H and O–H groups in total. The summed E-state index contributed by atoms with van der Waals surface area (Å²) in [6, 6.07) is 0. The summed E-state index contributed by atoms with van der Waals surface area (Å²) >= 11 is 1.43. The Morgan fingerprint density at radius 3 is 2.56 bits per heavy atom. The lowest BCUT2D eigenvalue weighted by Crippen LogP contribution is -1.97. The van der Waals surface area contributed by atoms with E-state index >= 15 is 0 Å². The Bertz CT molecular complexity index is 90.9. The molecular formula is C7H14OS. The van der Waals surface area contributed by atoms with E-state index in [1.165, 1.54) is 18.2 Å². The summed E-state index contributed by atoms with van der Waals surface area (Å²) in [6.07, 6.45) is 1.17. The quantitative estimate of drug-likeness (QED) is 0.607. The highest BCUT2D eigenvalue weighted by Gasteiger charge is 1.99. The molecule has 0 aromatic rings. The van der Waals surface area contributed by atoms with Crippen LogP contribution in [-0.2, 0) is 4.79 Å².